The van der Waals surface area contributed by atoms with Crippen LogP contribution in [-0.2, 0) is 9.53 Å². The Hall–Kier alpha value is -4.43. The summed E-state index contributed by atoms with van der Waals surface area (Å²) in [6, 6.07) is 41.1. The van der Waals surface area contributed by atoms with Crippen molar-refractivity contribution < 1.29 is 9.53 Å². The van der Waals surface area contributed by atoms with E-state index in [2.05, 4.69) is 54.6 Å². The second kappa shape index (κ2) is 12.2. The van der Waals surface area contributed by atoms with Crippen LogP contribution in [0, 0.1) is 0 Å². The number of carbonyl (C=O) groups excluding carboxylic acids is 1. The van der Waals surface area contributed by atoms with Crippen LogP contribution in [0.2, 0.25) is 0 Å². The molecule has 0 radical (unpaired) electrons. The van der Waals surface area contributed by atoms with Crippen LogP contribution in [-0.4, -0.2) is 12.6 Å². The molecule has 0 unspecified atom stereocenters. The predicted octanol–water partition coefficient (Wildman–Crippen LogP) is 7.96. The van der Waals surface area contributed by atoms with Crippen LogP contribution in [0.4, 0.5) is 0 Å². The van der Waals surface area contributed by atoms with Gasteiger partial charge in [-0.1, -0.05) is 121 Å². The molecule has 0 bridgehead atoms. The first kappa shape index (κ1) is 23.7. The summed E-state index contributed by atoms with van der Waals surface area (Å²) < 4.78 is 5.19. The summed E-state index contributed by atoms with van der Waals surface area (Å²) in [5, 5.41) is 0. The van der Waals surface area contributed by atoms with Crippen LogP contribution in [0.15, 0.2) is 133 Å². The van der Waals surface area contributed by atoms with E-state index in [1.807, 2.05) is 85.8 Å². The van der Waals surface area contributed by atoms with Crippen molar-refractivity contribution in [2.75, 3.05) is 6.61 Å². The molecule has 0 aliphatic rings. The Kier molecular flexibility index (Phi) is 8.23. The van der Waals surface area contributed by atoms with Gasteiger partial charge in [0, 0.05) is 6.08 Å². The third-order valence-corrected chi connectivity index (χ3v) is 5.55. The summed E-state index contributed by atoms with van der Waals surface area (Å²) in [6.07, 6.45) is 5.59. The largest absolute Gasteiger partial charge is 0.463 e. The Morgan fingerprint density at radius 3 is 1.66 bits per heavy atom. The van der Waals surface area contributed by atoms with Gasteiger partial charge in [-0.25, -0.2) is 4.79 Å². The van der Waals surface area contributed by atoms with Crippen molar-refractivity contribution in [2.45, 2.75) is 6.92 Å². The van der Waals surface area contributed by atoms with Gasteiger partial charge < -0.3 is 4.74 Å². The van der Waals surface area contributed by atoms with Crippen LogP contribution < -0.4 is 0 Å². The Balaban J connectivity index is 2.06. The highest BCUT2D eigenvalue weighted by Gasteiger charge is 2.17. The minimum absolute atomic E-state index is 0.336. The van der Waals surface area contributed by atoms with E-state index >= 15 is 0 Å². The molecule has 0 aliphatic carbocycles. The smallest absolute Gasteiger partial charge is 0.330 e. The molecule has 0 N–H and O–H groups in total. The van der Waals surface area contributed by atoms with E-state index < -0.39 is 0 Å². The first-order valence-electron chi connectivity index (χ1n) is 11.8. The molecule has 0 saturated heterocycles. The first-order valence-corrected chi connectivity index (χ1v) is 11.8. The standard InChI is InChI=1S/C33H28O2/c1-2-35-32(34)24-23-30(27-17-9-4-10-18-27)33(29-21-13-6-14-22-29)31(28-19-11-5-12-20-28)25-26-15-7-3-8-16-26/h3-25H,2H2,1H3/b24-23+,31-25+,33-30+. The molecule has 4 aromatic carbocycles. The molecule has 0 amide bonds. The van der Waals surface area contributed by atoms with E-state index in [1.54, 1.807) is 0 Å². The molecule has 0 spiro atoms. The van der Waals surface area contributed by atoms with E-state index in [1.165, 1.54) is 6.08 Å². The maximum atomic E-state index is 12.3. The Labute approximate surface area is 207 Å². The van der Waals surface area contributed by atoms with E-state index in [0.717, 1.165) is 39.0 Å². The molecule has 4 rings (SSSR count). The van der Waals surface area contributed by atoms with Crippen molar-refractivity contribution in [3.63, 3.8) is 0 Å². The molecule has 2 heteroatoms. The number of hydrogen-bond donors (Lipinski definition) is 0. The molecular weight excluding hydrogens is 428 g/mol. The van der Waals surface area contributed by atoms with Gasteiger partial charge >= 0.3 is 5.97 Å². The zero-order chi connectivity index (χ0) is 24.3. The average molecular weight is 457 g/mol. The van der Waals surface area contributed by atoms with Crippen molar-refractivity contribution in [2.24, 2.45) is 0 Å². The van der Waals surface area contributed by atoms with Gasteiger partial charge in [0.25, 0.3) is 0 Å². The Morgan fingerprint density at radius 2 is 1.11 bits per heavy atom. The summed E-state index contributed by atoms with van der Waals surface area (Å²) in [4.78, 5) is 12.3. The van der Waals surface area contributed by atoms with Crippen LogP contribution in [0.5, 0.6) is 0 Å². The zero-order valence-electron chi connectivity index (χ0n) is 19.8. The lowest BCUT2D eigenvalue weighted by Gasteiger charge is -2.19. The molecule has 0 fully saturated rings. The SMILES string of the molecule is CCOC(=O)/C=C/C(=C(\C(=C\c1ccccc1)c1ccccc1)c1ccccc1)c1ccccc1. The second-order valence-corrected chi connectivity index (χ2v) is 7.94. The normalized spacial score (nSPS) is 12.3. The van der Waals surface area contributed by atoms with Crippen LogP contribution >= 0.6 is 0 Å². The minimum atomic E-state index is -0.360. The van der Waals surface area contributed by atoms with Crippen molar-refractivity contribution in [3.05, 3.63) is 156 Å². The number of benzene rings is 4. The quantitative estimate of drug-likeness (QED) is 0.116. The van der Waals surface area contributed by atoms with Crippen LogP contribution in [0.3, 0.4) is 0 Å². The molecule has 172 valence electrons. The van der Waals surface area contributed by atoms with E-state index in [0.29, 0.717) is 6.61 Å². The number of allylic oxidation sites excluding steroid dienone is 4. The highest BCUT2D eigenvalue weighted by Crippen LogP contribution is 2.39. The molecule has 4 aromatic rings. The van der Waals surface area contributed by atoms with Gasteiger partial charge in [0.1, 0.15) is 0 Å². The predicted molar refractivity (Wildman–Crippen MR) is 146 cm³/mol. The number of carbonyl (C=O) groups is 1. The second-order valence-electron chi connectivity index (χ2n) is 7.94. The fraction of sp³-hybridized carbons (Fsp3) is 0.0606. The summed E-state index contributed by atoms with van der Waals surface area (Å²) in [5.41, 5.74) is 7.31. The third kappa shape index (κ3) is 6.33. The fourth-order valence-electron chi connectivity index (χ4n) is 3.98. The Morgan fingerprint density at radius 1 is 0.629 bits per heavy atom. The minimum Gasteiger partial charge on any atom is -0.463 e. The lowest BCUT2D eigenvalue weighted by Crippen LogP contribution is -2.00. The number of hydrogen-bond acceptors (Lipinski definition) is 2. The van der Waals surface area contributed by atoms with E-state index in [-0.39, 0.29) is 5.97 Å². The summed E-state index contributed by atoms with van der Waals surface area (Å²) in [6.45, 7) is 2.15. The molecule has 35 heavy (non-hydrogen) atoms. The third-order valence-electron chi connectivity index (χ3n) is 5.55. The molecule has 2 nitrogen and oxygen atoms in total. The van der Waals surface area contributed by atoms with E-state index in [9.17, 15) is 4.79 Å². The van der Waals surface area contributed by atoms with Gasteiger partial charge in [0.2, 0.25) is 0 Å². The maximum absolute atomic E-state index is 12.3. The average Bonchev–Trinajstić information content (AvgIpc) is 2.92. The number of ether oxygens (including phenoxy) is 1. The first-order chi connectivity index (χ1) is 17.3. The Bertz CT molecular complexity index is 1320. The number of rotatable bonds is 8. The number of esters is 1. The fourth-order valence-corrected chi connectivity index (χ4v) is 3.98. The summed E-state index contributed by atoms with van der Waals surface area (Å²) in [7, 11) is 0. The van der Waals surface area contributed by atoms with Crippen LogP contribution in [0.25, 0.3) is 22.8 Å². The molecular formula is C33H28O2. The van der Waals surface area contributed by atoms with Gasteiger partial charge in [-0.3, -0.25) is 0 Å². The van der Waals surface area contributed by atoms with Crippen molar-refractivity contribution in [1.82, 2.24) is 0 Å². The maximum Gasteiger partial charge on any atom is 0.330 e. The monoisotopic (exact) mass is 456 g/mol. The van der Waals surface area contributed by atoms with Crippen molar-refractivity contribution in [3.8, 4) is 0 Å². The van der Waals surface area contributed by atoms with Gasteiger partial charge in [-0.2, -0.15) is 0 Å². The molecule has 0 aromatic heterocycles. The van der Waals surface area contributed by atoms with Gasteiger partial charge in [-0.05, 0) is 58.0 Å². The summed E-state index contributed by atoms with van der Waals surface area (Å²) >= 11 is 0. The molecule has 0 saturated carbocycles. The highest BCUT2D eigenvalue weighted by atomic mass is 16.5. The topological polar surface area (TPSA) is 26.3 Å². The van der Waals surface area contributed by atoms with Crippen molar-refractivity contribution >= 4 is 28.8 Å². The van der Waals surface area contributed by atoms with Gasteiger partial charge in [0.15, 0.2) is 0 Å². The molecule has 0 aliphatic heterocycles. The lowest BCUT2D eigenvalue weighted by atomic mass is 9.85. The summed E-state index contributed by atoms with van der Waals surface area (Å²) in [5.74, 6) is -0.360. The molecule has 0 atom stereocenters. The van der Waals surface area contributed by atoms with Gasteiger partial charge in [-0.15, -0.1) is 0 Å². The van der Waals surface area contributed by atoms with E-state index in [4.69, 9.17) is 4.74 Å². The molecule has 0 heterocycles. The van der Waals surface area contributed by atoms with Crippen molar-refractivity contribution in [1.29, 1.82) is 0 Å². The lowest BCUT2D eigenvalue weighted by molar-refractivity contribution is -0.137. The zero-order valence-corrected chi connectivity index (χ0v) is 19.8. The van der Waals surface area contributed by atoms with Crippen LogP contribution in [0.1, 0.15) is 29.2 Å². The van der Waals surface area contributed by atoms with Gasteiger partial charge in [0.05, 0.1) is 6.61 Å². The highest BCUT2D eigenvalue weighted by molar-refractivity contribution is 6.20.